The highest BCUT2D eigenvalue weighted by Gasteiger charge is 2.43. The van der Waals surface area contributed by atoms with E-state index in [9.17, 15) is 0 Å². The summed E-state index contributed by atoms with van der Waals surface area (Å²) < 4.78 is 5.61. The van der Waals surface area contributed by atoms with Crippen LogP contribution in [-0.4, -0.2) is 19.7 Å². The van der Waals surface area contributed by atoms with Crippen molar-refractivity contribution in [1.29, 1.82) is 0 Å². The molecule has 0 heterocycles. The smallest absolute Gasteiger partial charge is 0.122 e. The minimum absolute atomic E-state index is 0.233. The predicted molar refractivity (Wildman–Crippen MR) is 80.8 cm³/mol. The van der Waals surface area contributed by atoms with Crippen molar-refractivity contribution in [2.75, 3.05) is 13.7 Å². The molecule has 0 saturated heterocycles. The summed E-state index contributed by atoms with van der Waals surface area (Å²) in [6, 6.07) is 9.07. The van der Waals surface area contributed by atoms with Crippen molar-refractivity contribution in [3.63, 3.8) is 0 Å². The van der Waals surface area contributed by atoms with Crippen LogP contribution in [0.1, 0.15) is 45.6 Å². The first kappa shape index (κ1) is 14.4. The average molecular weight is 261 g/mol. The summed E-state index contributed by atoms with van der Waals surface area (Å²) in [5.74, 6) is 1.75. The number of benzene rings is 1. The molecule has 106 valence electrons. The van der Waals surface area contributed by atoms with Crippen LogP contribution in [0.15, 0.2) is 24.3 Å². The molecule has 0 spiro atoms. The molecular weight excluding hydrogens is 234 g/mol. The molecule has 0 bridgehead atoms. The first-order valence-electron chi connectivity index (χ1n) is 7.47. The molecule has 1 saturated carbocycles. The molecule has 0 aromatic heterocycles. The number of nitrogens with one attached hydrogen (secondary N) is 1. The van der Waals surface area contributed by atoms with Gasteiger partial charge in [-0.15, -0.1) is 0 Å². The lowest BCUT2D eigenvalue weighted by Crippen LogP contribution is -2.42. The second kappa shape index (κ2) is 5.96. The maximum Gasteiger partial charge on any atom is 0.122 e. The van der Waals surface area contributed by atoms with Crippen molar-refractivity contribution >= 4 is 0 Å². The molecule has 2 rings (SSSR count). The van der Waals surface area contributed by atoms with Crippen molar-refractivity contribution < 1.29 is 4.74 Å². The molecule has 1 aliphatic rings. The van der Waals surface area contributed by atoms with Crippen LogP contribution >= 0.6 is 0 Å². The summed E-state index contributed by atoms with van der Waals surface area (Å²) in [6.45, 7) is 7.87. The molecule has 2 unspecified atom stereocenters. The molecule has 1 N–H and O–H groups in total. The molecule has 2 heteroatoms. The molecule has 1 aromatic rings. The van der Waals surface area contributed by atoms with Crippen LogP contribution in [0.2, 0.25) is 0 Å². The molecule has 0 radical (unpaired) electrons. The lowest BCUT2D eigenvalue weighted by molar-refractivity contribution is 0.293. The van der Waals surface area contributed by atoms with Gasteiger partial charge >= 0.3 is 0 Å². The zero-order valence-electron chi connectivity index (χ0n) is 12.7. The van der Waals surface area contributed by atoms with Crippen molar-refractivity contribution in [1.82, 2.24) is 5.32 Å². The number of ether oxygens (including phenoxy) is 1. The Hall–Kier alpha value is -1.02. The minimum Gasteiger partial charge on any atom is -0.496 e. The van der Waals surface area contributed by atoms with Gasteiger partial charge in [-0.3, -0.25) is 0 Å². The zero-order chi connectivity index (χ0) is 13.9. The summed E-state index contributed by atoms with van der Waals surface area (Å²) in [5, 5.41) is 3.65. The van der Waals surface area contributed by atoms with Crippen LogP contribution < -0.4 is 10.1 Å². The Labute approximate surface area is 117 Å². The summed E-state index contributed by atoms with van der Waals surface area (Å²) in [4.78, 5) is 0. The topological polar surface area (TPSA) is 21.3 Å². The van der Waals surface area contributed by atoms with Gasteiger partial charge in [-0.1, -0.05) is 45.4 Å². The van der Waals surface area contributed by atoms with Gasteiger partial charge in [0.05, 0.1) is 7.11 Å². The summed E-state index contributed by atoms with van der Waals surface area (Å²) in [7, 11) is 1.78. The number of para-hydroxylation sites is 1. The first-order chi connectivity index (χ1) is 9.10. The minimum atomic E-state index is 0.233. The molecule has 1 fully saturated rings. The largest absolute Gasteiger partial charge is 0.496 e. The molecule has 1 aromatic carbocycles. The van der Waals surface area contributed by atoms with Gasteiger partial charge in [0.25, 0.3) is 0 Å². The molecule has 2 atom stereocenters. The third kappa shape index (κ3) is 2.79. The van der Waals surface area contributed by atoms with Gasteiger partial charge in [0.2, 0.25) is 0 Å². The van der Waals surface area contributed by atoms with Crippen LogP contribution in [0.3, 0.4) is 0 Å². The molecule has 19 heavy (non-hydrogen) atoms. The summed E-state index contributed by atoms with van der Waals surface area (Å²) in [6.07, 6.45) is 3.89. The van der Waals surface area contributed by atoms with E-state index < -0.39 is 0 Å². The monoisotopic (exact) mass is 261 g/mol. The Kier molecular flexibility index (Phi) is 4.51. The predicted octanol–water partition coefficient (Wildman–Crippen LogP) is 3.75. The Bertz CT molecular complexity index is 415. The maximum atomic E-state index is 5.61. The van der Waals surface area contributed by atoms with E-state index in [4.69, 9.17) is 4.74 Å². The van der Waals surface area contributed by atoms with E-state index in [-0.39, 0.29) is 5.41 Å². The first-order valence-corrected chi connectivity index (χ1v) is 7.47. The third-order valence-electron chi connectivity index (χ3n) is 4.67. The van der Waals surface area contributed by atoms with E-state index in [1.54, 1.807) is 7.11 Å². The zero-order valence-corrected chi connectivity index (χ0v) is 12.7. The second-order valence-corrected chi connectivity index (χ2v) is 6.19. The van der Waals surface area contributed by atoms with Gasteiger partial charge in [-0.25, -0.2) is 0 Å². The average Bonchev–Trinajstić information content (AvgIpc) is 2.78. The molecule has 2 nitrogen and oxygen atoms in total. The van der Waals surface area contributed by atoms with Crippen molar-refractivity contribution in [3.8, 4) is 5.75 Å². The second-order valence-electron chi connectivity index (χ2n) is 6.19. The Morgan fingerprint density at radius 2 is 2.11 bits per heavy atom. The van der Waals surface area contributed by atoms with E-state index in [2.05, 4.69) is 50.4 Å². The fourth-order valence-corrected chi connectivity index (χ4v) is 3.45. The van der Waals surface area contributed by atoms with Gasteiger partial charge in [-0.2, -0.15) is 0 Å². The number of rotatable bonds is 5. The van der Waals surface area contributed by atoms with Crippen LogP contribution in [0.25, 0.3) is 0 Å². The number of methoxy groups -OCH3 is 1. The number of hydrogen-bond acceptors (Lipinski definition) is 2. The molecular formula is C17H27NO. The van der Waals surface area contributed by atoms with Crippen molar-refractivity contribution in [2.45, 2.75) is 51.5 Å². The summed E-state index contributed by atoms with van der Waals surface area (Å²) in [5.41, 5.74) is 1.62. The standard InChI is InChI=1S/C17H27NO/c1-13(2)18-12-17(11-7-8-14(17)3)15-9-5-6-10-16(15)19-4/h5-6,9-10,13-14,18H,7-8,11-12H2,1-4H3. The fraction of sp³-hybridized carbons (Fsp3) is 0.647. The van der Waals surface area contributed by atoms with Crippen LogP contribution in [0, 0.1) is 5.92 Å². The van der Waals surface area contributed by atoms with Gasteiger partial charge < -0.3 is 10.1 Å². The highest BCUT2D eigenvalue weighted by molar-refractivity contribution is 5.41. The van der Waals surface area contributed by atoms with E-state index in [0.717, 1.165) is 12.3 Å². The Morgan fingerprint density at radius 1 is 1.37 bits per heavy atom. The SMILES string of the molecule is COc1ccccc1C1(CNC(C)C)CCCC1C. The van der Waals surface area contributed by atoms with Crippen LogP contribution in [0.5, 0.6) is 5.75 Å². The van der Waals surface area contributed by atoms with Gasteiger partial charge in [0.1, 0.15) is 5.75 Å². The Balaban J connectivity index is 2.37. The van der Waals surface area contributed by atoms with Crippen molar-refractivity contribution in [3.05, 3.63) is 29.8 Å². The van der Waals surface area contributed by atoms with E-state index in [0.29, 0.717) is 12.0 Å². The maximum absolute atomic E-state index is 5.61. The Morgan fingerprint density at radius 3 is 2.68 bits per heavy atom. The number of hydrogen-bond donors (Lipinski definition) is 1. The van der Waals surface area contributed by atoms with Gasteiger partial charge in [0, 0.05) is 23.6 Å². The third-order valence-corrected chi connectivity index (χ3v) is 4.67. The highest BCUT2D eigenvalue weighted by atomic mass is 16.5. The van der Waals surface area contributed by atoms with Gasteiger partial charge in [0.15, 0.2) is 0 Å². The lowest BCUT2D eigenvalue weighted by Gasteiger charge is -2.36. The lowest BCUT2D eigenvalue weighted by atomic mass is 9.72. The quantitative estimate of drug-likeness (QED) is 0.871. The van der Waals surface area contributed by atoms with E-state index >= 15 is 0 Å². The van der Waals surface area contributed by atoms with Crippen molar-refractivity contribution in [2.24, 2.45) is 5.92 Å². The molecule has 1 aliphatic carbocycles. The van der Waals surface area contributed by atoms with Crippen LogP contribution in [-0.2, 0) is 5.41 Å². The highest BCUT2D eigenvalue weighted by Crippen LogP contribution is 2.48. The molecule has 0 aliphatic heterocycles. The summed E-state index contributed by atoms with van der Waals surface area (Å²) >= 11 is 0. The normalized spacial score (nSPS) is 26.9. The van der Waals surface area contributed by atoms with E-state index in [1.165, 1.54) is 24.8 Å². The van der Waals surface area contributed by atoms with Gasteiger partial charge in [-0.05, 0) is 24.8 Å². The van der Waals surface area contributed by atoms with Crippen LogP contribution in [0.4, 0.5) is 0 Å². The van der Waals surface area contributed by atoms with E-state index in [1.807, 2.05) is 0 Å². The fourth-order valence-electron chi connectivity index (χ4n) is 3.45. The molecule has 0 amide bonds.